The first kappa shape index (κ1) is 17.7. The summed E-state index contributed by atoms with van der Waals surface area (Å²) in [6, 6.07) is 5.69. The summed E-state index contributed by atoms with van der Waals surface area (Å²) in [6.45, 7) is 4.00. The van der Waals surface area contributed by atoms with Crippen LogP contribution in [0, 0.1) is 0 Å². The number of hydrogen-bond donors (Lipinski definition) is 2. The molecular formula is C19H20N4O3S. The van der Waals surface area contributed by atoms with Gasteiger partial charge in [-0.2, -0.15) is 5.10 Å². The number of pyridine rings is 1. The highest BCUT2D eigenvalue weighted by molar-refractivity contribution is 7.13. The Balaban J connectivity index is 1.83. The zero-order valence-electron chi connectivity index (χ0n) is 15.1. The number of rotatable bonds is 5. The number of hydrogen-bond acceptors (Lipinski definition) is 5. The van der Waals surface area contributed by atoms with E-state index in [0.717, 1.165) is 11.3 Å². The molecule has 1 saturated carbocycles. The van der Waals surface area contributed by atoms with Crippen LogP contribution in [0.1, 0.15) is 49.5 Å². The fraction of sp³-hybridized carbons (Fsp3) is 0.368. The minimum atomic E-state index is -1.16. The Morgan fingerprint density at radius 2 is 2.15 bits per heavy atom. The Kier molecular flexibility index (Phi) is 4.22. The van der Waals surface area contributed by atoms with E-state index in [0.29, 0.717) is 35.1 Å². The lowest BCUT2D eigenvalue weighted by Crippen LogP contribution is -2.59. The predicted octanol–water partition coefficient (Wildman–Crippen LogP) is 3.48. The molecule has 4 rings (SSSR count). The number of thiophene rings is 1. The van der Waals surface area contributed by atoms with Crippen molar-refractivity contribution in [1.82, 2.24) is 20.1 Å². The molecule has 3 heterocycles. The smallest absolute Gasteiger partial charge is 0.329 e. The van der Waals surface area contributed by atoms with E-state index in [1.165, 1.54) is 11.3 Å². The maximum absolute atomic E-state index is 13.0. The Hall–Kier alpha value is -2.74. The standard InChI is InChI=1S/C19H20N4O3S/c1-11(2)23-16-13(10-20-23)12(9-14(21-16)15-5-3-8-27-15)17(24)22-19(18(25)26)6-4-7-19/h3,5,8-11H,4,6-7H2,1-2H3,(H,22,24)(H,25,26). The summed E-state index contributed by atoms with van der Waals surface area (Å²) in [7, 11) is 0. The second kappa shape index (κ2) is 6.45. The van der Waals surface area contributed by atoms with Crippen molar-refractivity contribution in [2.45, 2.75) is 44.7 Å². The second-order valence-electron chi connectivity index (χ2n) is 7.15. The lowest BCUT2D eigenvalue weighted by atomic mass is 9.76. The molecule has 0 aromatic carbocycles. The first-order chi connectivity index (χ1) is 12.9. The number of carboxylic acids is 1. The average molecular weight is 384 g/mol. The SMILES string of the molecule is CC(C)n1ncc2c(C(=O)NC3(C(=O)O)CCC3)cc(-c3cccs3)nc21. The molecule has 0 spiro atoms. The lowest BCUT2D eigenvalue weighted by molar-refractivity contribution is -0.148. The van der Waals surface area contributed by atoms with Crippen molar-refractivity contribution in [1.29, 1.82) is 0 Å². The molecular weight excluding hydrogens is 364 g/mol. The van der Waals surface area contributed by atoms with Crippen LogP contribution in [0.4, 0.5) is 0 Å². The minimum Gasteiger partial charge on any atom is -0.480 e. The van der Waals surface area contributed by atoms with Gasteiger partial charge in [0, 0.05) is 6.04 Å². The summed E-state index contributed by atoms with van der Waals surface area (Å²) in [5, 5.41) is 19.2. The molecule has 0 bridgehead atoms. The van der Waals surface area contributed by atoms with Gasteiger partial charge in [-0.05, 0) is 50.6 Å². The molecule has 7 nitrogen and oxygen atoms in total. The second-order valence-corrected chi connectivity index (χ2v) is 8.10. The molecule has 1 aliphatic rings. The molecule has 3 aromatic heterocycles. The van der Waals surface area contributed by atoms with Crippen molar-refractivity contribution >= 4 is 34.2 Å². The van der Waals surface area contributed by atoms with Gasteiger partial charge in [0.1, 0.15) is 5.54 Å². The third kappa shape index (κ3) is 2.90. The summed E-state index contributed by atoms with van der Waals surface area (Å²) in [4.78, 5) is 30.3. The van der Waals surface area contributed by atoms with Crippen molar-refractivity contribution in [3.05, 3.63) is 35.3 Å². The van der Waals surface area contributed by atoms with Crippen LogP contribution in [-0.2, 0) is 4.79 Å². The molecule has 0 radical (unpaired) electrons. The first-order valence-electron chi connectivity index (χ1n) is 8.89. The van der Waals surface area contributed by atoms with Gasteiger partial charge in [0.05, 0.1) is 27.7 Å². The van der Waals surface area contributed by atoms with Gasteiger partial charge in [0.15, 0.2) is 5.65 Å². The lowest BCUT2D eigenvalue weighted by Gasteiger charge is -2.38. The van der Waals surface area contributed by atoms with E-state index < -0.39 is 17.4 Å². The first-order valence-corrected chi connectivity index (χ1v) is 9.77. The van der Waals surface area contributed by atoms with Gasteiger partial charge in [-0.3, -0.25) is 4.79 Å². The summed E-state index contributed by atoms with van der Waals surface area (Å²) in [6.07, 6.45) is 3.32. The van der Waals surface area contributed by atoms with Crippen molar-refractivity contribution < 1.29 is 14.7 Å². The Labute approximate surface area is 160 Å². The largest absolute Gasteiger partial charge is 0.480 e. The van der Waals surface area contributed by atoms with Crippen molar-refractivity contribution in [3.8, 4) is 10.6 Å². The molecule has 0 atom stereocenters. The molecule has 0 saturated heterocycles. The van der Waals surface area contributed by atoms with E-state index in [9.17, 15) is 14.7 Å². The highest BCUT2D eigenvalue weighted by atomic mass is 32.1. The molecule has 0 unspecified atom stereocenters. The number of carbonyl (C=O) groups is 2. The van der Waals surface area contributed by atoms with Gasteiger partial charge >= 0.3 is 5.97 Å². The third-order valence-corrected chi connectivity index (χ3v) is 5.94. The monoisotopic (exact) mass is 384 g/mol. The molecule has 8 heteroatoms. The van der Waals surface area contributed by atoms with E-state index in [1.807, 2.05) is 31.4 Å². The molecule has 1 fully saturated rings. The van der Waals surface area contributed by atoms with E-state index in [1.54, 1.807) is 16.9 Å². The molecule has 0 aliphatic heterocycles. The van der Waals surface area contributed by atoms with Gasteiger partial charge in [0.2, 0.25) is 0 Å². The number of carbonyl (C=O) groups excluding carboxylic acids is 1. The summed E-state index contributed by atoms with van der Waals surface area (Å²) < 4.78 is 1.78. The quantitative estimate of drug-likeness (QED) is 0.702. The summed E-state index contributed by atoms with van der Waals surface area (Å²) >= 11 is 1.54. The fourth-order valence-corrected chi connectivity index (χ4v) is 4.03. The topological polar surface area (TPSA) is 97.1 Å². The number of nitrogens with one attached hydrogen (secondary N) is 1. The fourth-order valence-electron chi connectivity index (χ4n) is 3.34. The highest BCUT2D eigenvalue weighted by Crippen LogP contribution is 2.34. The van der Waals surface area contributed by atoms with E-state index >= 15 is 0 Å². The van der Waals surface area contributed by atoms with Gasteiger partial charge in [-0.15, -0.1) is 11.3 Å². The van der Waals surface area contributed by atoms with Gasteiger partial charge in [0.25, 0.3) is 5.91 Å². The normalized spacial score (nSPS) is 15.7. The van der Waals surface area contributed by atoms with Crippen LogP contribution in [0.15, 0.2) is 29.8 Å². The Morgan fingerprint density at radius 1 is 1.37 bits per heavy atom. The summed E-state index contributed by atoms with van der Waals surface area (Å²) in [5.41, 5.74) is 0.550. The van der Waals surface area contributed by atoms with Gasteiger partial charge in [-0.1, -0.05) is 6.07 Å². The van der Waals surface area contributed by atoms with E-state index in [-0.39, 0.29) is 6.04 Å². The van der Waals surface area contributed by atoms with Crippen LogP contribution in [0.3, 0.4) is 0 Å². The number of nitrogens with zero attached hydrogens (tertiary/aromatic N) is 3. The number of aromatic nitrogens is 3. The Morgan fingerprint density at radius 3 is 2.70 bits per heavy atom. The predicted molar refractivity (Wildman–Crippen MR) is 103 cm³/mol. The number of aliphatic carboxylic acids is 1. The third-order valence-electron chi connectivity index (χ3n) is 5.04. The van der Waals surface area contributed by atoms with Crippen molar-refractivity contribution in [3.63, 3.8) is 0 Å². The number of carboxylic acid groups (broad SMARTS) is 1. The van der Waals surface area contributed by atoms with Crippen LogP contribution in [0.2, 0.25) is 0 Å². The van der Waals surface area contributed by atoms with Crippen LogP contribution >= 0.6 is 11.3 Å². The van der Waals surface area contributed by atoms with Crippen molar-refractivity contribution in [2.24, 2.45) is 0 Å². The van der Waals surface area contributed by atoms with Crippen LogP contribution < -0.4 is 5.32 Å². The van der Waals surface area contributed by atoms with E-state index in [2.05, 4.69) is 10.4 Å². The number of amides is 1. The van der Waals surface area contributed by atoms with Crippen LogP contribution in [-0.4, -0.2) is 37.3 Å². The zero-order chi connectivity index (χ0) is 19.2. The molecule has 1 aliphatic carbocycles. The van der Waals surface area contributed by atoms with Gasteiger partial charge in [-0.25, -0.2) is 14.5 Å². The zero-order valence-corrected chi connectivity index (χ0v) is 15.9. The average Bonchev–Trinajstić information content (AvgIpc) is 3.25. The maximum atomic E-state index is 13.0. The molecule has 2 N–H and O–H groups in total. The Bertz CT molecular complexity index is 1020. The minimum absolute atomic E-state index is 0.0847. The molecule has 1 amide bonds. The van der Waals surface area contributed by atoms with Gasteiger partial charge < -0.3 is 10.4 Å². The maximum Gasteiger partial charge on any atom is 0.329 e. The number of fused-ring (bicyclic) bond motifs is 1. The van der Waals surface area contributed by atoms with Crippen LogP contribution in [0.25, 0.3) is 21.6 Å². The van der Waals surface area contributed by atoms with Crippen LogP contribution in [0.5, 0.6) is 0 Å². The highest BCUT2D eigenvalue weighted by Gasteiger charge is 2.46. The summed E-state index contributed by atoms with van der Waals surface area (Å²) in [5.74, 6) is -1.38. The van der Waals surface area contributed by atoms with Crippen molar-refractivity contribution in [2.75, 3.05) is 0 Å². The van der Waals surface area contributed by atoms with E-state index in [4.69, 9.17) is 4.98 Å². The molecule has 27 heavy (non-hydrogen) atoms. The molecule has 3 aromatic rings. The molecule has 140 valence electrons.